The van der Waals surface area contributed by atoms with E-state index in [0.29, 0.717) is 17.4 Å². The average Bonchev–Trinajstić information content (AvgIpc) is 2.16. The van der Waals surface area contributed by atoms with Crippen LogP contribution in [0, 0.1) is 0 Å². The first-order valence-electron chi connectivity index (χ1n) is 3.89. The van der Waals surface area contributed by atoms with Gasteiger partial charge in [-0.3, -0.25) is 4.79 Å². The number of pyridine rings is 1. The van der Waals surface area contributed by atoms with Gasteiger partial charge in [0.15, 0.2) is 5.82 Å². The lowest BCUT2D eigenvalue weighted by molar-refractivity contribution is -0.134. The van der Waals surface area contributed by atoms with Crippen LogP contribution < -0.4 is 15.8 Å². The number of nitrogens with zero attached hydrogens (tertiary/aromatic N) is 1. The molecule has 0 aliphatic rings. The summed E-state index contributed by atoms with van der Waals surface area (Å²) in [5.41, 5.74) is 5.94. The molecular formula is C8H11N3O3. The molecule has 0 aromatic carbocycles. The Morgan fingerprint density at radius 1 is 1.71 bits per heavy atom. The first-order chi connectivity index (χ1) is 6.63. The highest BCUT2D eigenvalue weighted by Crippen LogP contribution is 2.18. The van der Waals surface area contributed by atoms with Crippen molar-refractivity contribution in [3.63, 3.8) is 0 Å². The van der Waals surface area contributed by atoms with Gasteiger partial charge in [-0.05, 0) is 6.07 Å². The number of anilines is 2. The van der Waals surface area contributed by atoms with Crippen molar-refractivity contribution in [3.05, 3.63) is 12.1 Å². The van der Waals surface area contributed by atoms with Gasteiger partial charge in [0, 0.05) is 6.07 Å². The minimum absolute atomic E-state index is 0.232. The van der Waals surface area contributed by atoms with Gasteiger partial charge in [-0.15, -0.1) is 0 Å². The van der Waals surface area contributed by atoms with Crippen molar-refractivity contribution in [3.8, 4) is 5.88 Å². The lowest BCUT2D eigenvalue weighted by Crippen LogP contribution is -2.14. The monoisotopic (exact) mass is 197 g/mol. The lowest BCUT2D eigenvalue weighted by atomic mass is 10.4. The Bertz CT molecular complexity index is 341. The molecule has 1 aromatic rings. The maximum Gasteiger partial charge on any atom is 0.322 e. The second-order valence-corrected chi connectivity index (χ2v) is 2.54. The molecule has 6 nitrogen and oxygen atoms in total. The second kappa shape index (κ2) is 4.31. The van der Waals surface area contributed by atoms with Crippen LogP contribution in [0.3, 0.4) is 0 Å². The van der Waals surface area contributed by atoms with Crippen molar-refractivity contribution in [2.24, 2.45) is 0 Å². The van der Waals surface area contributed by atoms with E-state index in [-0.39, 0.29) is 6.54 Å². The normalized spacial score (nSPS) is 9.50. The zero-order valence-corrected chi connectivity index (χ0v) is 7.65. The summed E-state index contributed by atoms with van der Waals surface area (Å²) < 4.78 is 4.86. The van der Waals surface area contributed by atoms with Crippen molar-refractivity contribution >= 4 is 17.5 Å². The predicted molar refractivity (Wildman–Crippen MR) is 51.3 cm³/mol. The molecule has 0 aliphatic heterocycles. The van der Waals surface area contributed by atoms with Crippen LogP contribution in [0.5, 0.6) is 5.88 Å². The summed E-state index contributed by atoms with van der Waals surface area (Å²) in [5.74, 6) is -0.284. The first kappa shape index (κ1) is 10.1. The molecule has 1 aromatic heterocycles. The van der Waals surface area contributed by atoms with E-state index in [0.717, 1.165) is 0 Å². The van der Waals surface area contributed by atoms with Gasteiger partial charge in [0.25, 0.3) is 0 Å². The molecule has 1 rings (SSSR count). The van der Waals surface area contributed by atoms with E-state index in [9.17, 15) is 4.79 Å². The van der Waals surface area contributed by atoms with Crippen LogP contribution in [0.25, 0.3) is 0 Å². The van der Waals surface area contributed by atoms with Crippen molar-refractivity contribution in [2.75, 3.05) is 24.7 Å². The van der Waals surface area contributed by atoms with Crippen LogP contribution in [-0.2, 0) is 4.79 Å². The van der Waals surface area contributed by atoms with Crippen LogP contribution in [0.4, 0.5) is 11.5 Å². The molecule has 14 heavy (non-hydrogen) atoms. The van der Waals surface area contributed by atoms with Gasteiger partial charge in [-0.1, -0.05) is 0 Å². The summed E-state index contributed by atoms with van der Waals surface area (Å²) >= 11 is 0. The number of hydrogen-bond donors (Lipinski definition) is 3. The zero-order chi connectivity index (χ0) is 10.6. The third-order valence-corrected chi connectivity index (χ3v) is 1.52. The molecule has 4 N–H and O–H groups in total. The van der Waals surface area contributed by atoms with Crippen molar-refractivity contribution in [1.29, 1.82) is 0 Å². The number of nitrogens with two attached hydrogens (primary N) is 1. The summed E-state index contributed by atoms with van der Waals surface area (Å²) in [6.45, 7) is -0.232. The number of nitrogen functional groups attached to an aromatic ring is 1. The number of aliphatic carboxylic acids is 1. The van der Waals surface area contributed by atoms with E-state index in [2.05, 4.69) is 10.3 Å². The predicted octanol–water partition coefficient (Wildman–Crippen LogP) is 0.169. The average molecular weight is 197 g/mol. The quantitative estimate of drug-likeness (QED) is 0.636. The summed E-state index contributed by atoms with van der Waals surface area (Å²) in [6.07, 6.45) is 0. The van der Waals surface area contributed by atoms with Crippen LogP contribution in [0.1, 0.15) is 0 Å². The number of carboxylic acid groups (broad SMARTS) is 1. The van der Waals surface area contributed by atoms with Gasteiger partial charge >= 0.3 is 5.97 Å². The van der Waals surface area contributed by atoms with E-state index < -0.39 is 5.97 Å². The molecule has 6 heteroatoms. The fourth-order valence-corrected chi connectivity index (χ4v) is 0.867. The molecule has 0 saturated carbocycles. The zero-order valence-electron chi connectivity index (χ0n) is 7.65. The van der Waals surface area contributed by atoms with Gasteiger partial charge < -0.3 is 20.9 Å². The molecule has 1 heterocycles. The van der Waals surface area contributed by atoms with Gasteiger partial charge in [0.05, 0.1) is 12.8 Å². The molecule has 0 amide bonds. The number of aromatic nitrogens is 1. The number of methoxy groups -OCH3 is 1. The number of rotatable bonds is 4. The Kier molecular flexibility index (Phi) is 3.11. The van der Waals surface area contributed by atoms with Gasteiger partial charge in [-0.25, -0.2) is 0 Å². The Balaban J connectivity index is 2.78. The Hall–Kier alpha value is -1.98. The maximum absolute atomic E-state index is 10.3. The van der Waals surface area contributed by atoms with E-state index in [1.54, 1.807) is 12.1 Å². The Labute approximate surface area is 80.7 Å². The third kappa shape index (κ3) is 2.51. The van der Waals surface area contributed by atoms with Gasteiger partial charge in [-0.2, -0.15) is 4.98 Å². The summed E-state index contributed by atoms with van der Waals surface area (Å²) in [5, 5.41) is 11.0. The van der Waals surface area contributed by atoms with Crippen LogP contribution >= 0.6 is 0 Å². The van der Waals surface area contributed by atoms with E-state index in [1.165, 1.54) is 7.11 Å². The Morgan fingerprint density at radius 2 is 2.43 bits per heavy atom. The highest BCUT2D eigenvalue weighted by molar-refractivity contribution is 5.74. The van der Waals surface area contributed by atoms with Crippen molar-refractivity contribution < 1.29 is 14.6 Å². The highest BCUT2D eigenvalue weighted by Gasteiger charge is 2.04. The number of hydrogen-bond acceptors (Lipinski definition) is 5. The van der Waals surface area contributed by atoms with Crippen molar-refractivity contribution in [1.82, 2.24) is 4.98 Å². The van der Waals surface area contributed by atoms with E-state index >= 15 is 0 Å². The smallest absolute Gasteiger partial charge is 0.322 e. The molecule has 0 spiro atoms. The largest absolute Gasteiger partial charge is 0.481 e. The molecule has 0 aliphatic carbocycles. The molecule has 0 saturated heterocycles. The van der Waals surface area contributed by atoms with Gasteiger partial charge in [0.1, 0.15) is 6.54 Å². The fourth-order valence-electron chi connectivity index (χ4n) is 0.867. The molecule has 0 fully saturated rings. The lowest BCUT2D eigenvalue weighted by Gasteiger charge is -2.07. The Morgan fingerprint density at radius 3 is 3.00 bits per heavy atom. The van der Waals surface area contributed by atoms with Crippen LogP contribution in [-0.4, -0.2) is 29.7 Å². The minimum Gasteiger partial charge on any atom is -0.481 e. The minimum atomic E-state index is -0.978. The highest BCUT2D eigenvalue weighted by atomic mass is 16.5. The molecular weight excluding hydrogens is 186 g/mol. The van der Waals surface area contributed by atoms with Crippen molar-refractivity contribution in [2.45, 2.75) is 0 Å². The third-order valence-electron chi connectivity index (χ3n) is 1.52. The fraction of sp³-hybridized carbons (Fsp3) is 0.250. The topological polar surface area (TPSA) is 97.5 Å². The molecule has 76 valence electrons. The van der Waals surface area contributed by atoms with Crippen LogP contribution in [0.2, 0.25) is 0 Å². The number of nitrogens with one attached hydrogen (secondary N) is 1. The number of carboxylic acids is 1. The molecule has 0 radical (unpaired) electrons. The maximum atomic E-state index is 10.3. The SMILES string of the molecule is COc1ccc(N)c(NCC(=O)O)n1. The number of carbonyl (C=O) groups is 1. The molecule has 0 atom stereocenters. The molecule has 0 unspecified atom stereocenters. The summed E-state index contributed by atoms with van der Waals surface area (Å²) in [4.78, 5) is 14.2. The number of ether oxygens (including phenoxy) is 1. The van der Waals surface area contributed by atoms with E-state index in [4.69, 9.17) is 15.6 Å². The molecule has 0 bridgehead atoms. The summed E-state index contributed by atoms with van der Waals surface area (Å²) in [6, 6.07) is 3.19. The van der Waals surface area contributed by atoms with Crippen LogP contribution in [0.15, 0.2) is 12.1 Å². The standard InChI is InChI=1S/C8H11N3O3/c1-14-6-3-2-5(9)8(11-6)10-4-7(12)13/h2-3H,4,9H2,1H3,(H,10,11)(H,12,13). The van der Waals surface area contributed by atoms with Gasteiger partial charge in [0.2, 0.25) is 5.88 Å². The second-order valence-electron chi connectivity index (χ2n) is 2.54. The van der Waals surface area contributed by atoms with E-state index in [1.807, 2.05) is 0 Å². The first-order valence-corrected chi connectivity index (χ1v) is 3.89. The summed E-state index contributed by atoms with van der Waals surface area (Å²) in [7, 11) is 1.47.